The minimum absolute atomic E-state index is 0.0964. The summed E-state index contributed by atoms with van der Waals surface area (Å²) in [6.45, 7) is 2.39. The second-order valence-corrected chi connectivity index (χ2v) is 17.0. The third-order valence-electron chi connectivity index (χ3n) is 3.82. The second kappa shape index (κ2) is 17.1. The van der Waals surface area contributed by atoms with Gasteiger partial charge in [-0.1, -0.05) is 0 Å². The number of hydrogen-bond acceptors (Lipinski definition) is 11. The lowest BCUT2D eigenvalue weighted by molar-refractivity contribution is 0.399. The van der Waals surface area contributed by atoms with Crippen molar-refractivity contribution in [1.29, 1.82) is 0 Å². The van der Waals surface area contributed by atoms with E-state index in [1.165, 1.54) is 0 Å². The Morgan fingerprint density at radius 2 is 0.829 bits per heavy atom. The SMILES string of the molecule is CN(C)CCCNS(=O)(=O)CS(=O)(=O)O.CN(C)CCCNS(=O)(=O)S(=O)(=O)NCCCN(C)C. The second-order valence-electron chi connectivity index (χ2n) is 8.38. The first-order chi connectivity index (χ1) is 15.7. The van der Waals surface area contributed by atoms with Crippen LogP contribution in [-0.4, -0.2) is 140 Å². The van der Waals surface area contributed by atoms with E-state index in [1.807, 2.05) is 57.0 Å². The van der Waals surface area contributed by atoms with E-state index in [4.69, 9.17) is 4.55 Å². The average Bonchev–Trinajstić information content (AvgIpc) is 2.64. The number of nitrogens with one attached hydrogen (secondary N) is 3. The Balaban J connectivity index is 0. The van der Waals surface area contributed by atoms with E-state index in [0.29, 0.717) is 38.9 Å². The molecule has 0 aromatic rings. The summed E-state index contributed by atoms with van der Waals surface area (Å²) in [4.78, 5) is 5.65. The van der Waals surface area contributed by atoms with E-state index in [1.54, 1.807) is 0 Å². The van der Waals surface area contributed by atoms with Gasteiger partial charge in [0.2, 0.25) is 10.0 Å². The minimum atomic E-state index is -4.50. The molecule has 0 bridgehead atoms. The van der Waals surface area contributed by atoms with Gasteiger partial charge in [-0.2, -0.15) is 25.3 Å². The van der Waals surface area contributed by atoms with Gasteiger partial charge in [0.05, 0.1) is 0 Å². The van der Waals surface area contributed by atoms with Crippen LogP contribution in [0.5, 0.6) is 0 Å². The fraction of sp³-hybridized carbons (Fsp3) is 1.00. The van der Waals surface area contributed by atoms with Gasteiger partial charge >= 0.3 is 18.1 Å². The smallest absolute Gasteiger partial charge is 0.309 e. The molecule has 0 aromatic carbocycles. The van der Waals surface area contributed by atoms with Gasteiger partial charge in [0, 0.05) is 19.6 Å². The Morgan fingerprint density at radius 1 is 0.543 bits per heavy atom. The molecule has 0 amide bonds. The Hall–Kier alpha value is -0.480. The van der Waals surface area contributed by atoms with Crippen LogP contribution >= 0.6 is 0 Å². The summed E-state index contributed by atoms with van der Waals surface area (Å²) in [6, 6.07) is 0. The zero-order valence-corrected chi connectivity index (χ0v) is 24.5. The van der Waals surface area contributed by atoms with Crippen molar-refractivity contribution in [2.24, 2.45) is 0 Å². The van der Waals surface area contributed by atoms with Crippen molar-refractivity contribution in [2.75, 3.05) is 86.6 Å². The molecule has 0 aromatic heterocycles. The Bertz CT molecular complexity index is 952. The van der Waals surface area contributed by atoms with E-state index < -0.39 is 43.3 Å². The maximum absolute atomic E-state index is 11.6. The van der Waals surface area contributed by atoms with Crippen molar-refractivity contribution < 1.29 is 38.2 Å². The van der Waals surface area contributed by atoms with Crippen LogP contribution in [0, 0.1) is 0 Å². The molecule has 0 radical (unpaired) electrons. The average molecular weight is 591 g/mol. The standard InChI is InChI=1S/C10H26N4O4S2.C6H16N2O5S2/c1-13(2)9-5-7-11-19(15,16)20(17,18)12-8-6-10-14(3)4;1-8(2)5-3-4-7-14(9,10)6-15(11,12)13/h11-12H,5-10H2,1-4H3;7H,3-6H2,1-2H3,(H,11,12,13). The predicted molar refractivity (Wildman–Crippen MR) is 137 cm³/mol. The molecule has 0 unspecified atom stereocenters. The van der Waals surface area contributed by atoms with Gasteiger partial charge < -0.3 is 14.7 Å². The molecule has 0 spiro atoms. The van der Waals surface area contributed by atoms with E-state index >= 15 is 0 Å². The lowest BCUT2D eigenvalue weighted by atomic mass is 10.4. The van der Waals surface area contributed by atoms with Crippen molar-refractivity contribution >= 4 is 38.3 Å². The molecule has 4 N–H and O–H groups in total. The van der Waals surface area contributed by atoms with Crippen LogP contribution in [0.25, 0.3) is 0 Å². The van der Waals surface area contributed by atoms with Crippen LogP contribution in [0.2, 0.25) is 0 Å². The first-order valence-corrected chi connectivity index (χ1v) is 17.3. The molecule has 0 fully saturated rings. The zero-order valence-electron chi connectivity index (χ0n) is 21.3. The summed E-state index contributed by atoms with van der Waals surface area (Å²) < 4.78 is 104. The highest BCUT2D eigenvalue weighted by Crippen LogP contribution is 1.98. The molecule has 19 heteroatoms. The summed E-state index contributed by atoms with van der Waals surface area (Å²) in [5.41, 5.74) is 0. The third-order valence-corrected chi connectivity index (χ3v) is 11.0. The normalized spacial score (nSPS) is 13.3. The largest absolute Gasteiger partial charge is 0.331 e. The molecule has 0 aliphatic carbocycles. The van der Waals surface area contributed by atoms with Crippen LogP contribution < -0.4 is 14.2 Å². The van der Waals surface area contributed by atoms with Crippen molar-refractivity contribution in [3.8, 4) is 0 Å². The monoisotopic (exact) mass is 590 g/mol. The van der Waals surface area contributed by atoms with Crippen LogP contribution in [0.15, 0.2) is 0 Å². The lowest BCUT2D eigenvalue weighted by Crippen LogP contribution is -2.40. The summed E-state index contributed by atoms with van der Waals surface area (Å²) in [6.07, 6.45) is 1.66. The maximum atomic E-state index is 11.6. The highest BCUT2D eigenvalue weighted by molar-refractivity contribution is 8.65. The molecule has 0 saturated carbocycles. The molecule has 0 rings (SSSR count). The minimum Gasteiger partial charge on any atom is -0.309 e. The van der Waals surface area contributed by atoms with Crippen LogP contribution in [-0.2, 0) is 38.3 Å². The highest BCUT2D eigenvalue weighted by Gasteiger charge is 2.28. The zero-order chi connectivity index (χ0) is 27.9. The van der Waals surface area contributed by atoms with Gasteiger partial charge in [0.1, 0.15) is 0 Å². The first kappa shape index (κ1) is 36.7. The molecule has 0 saturated heterocycles. The number of rotatable bonds is 18. The summed E-state index contributed by atoms with van der Waals surface area (Å²) in [5.74, 6) is 0. The Labute approximate surface area is 210 Å². The fourth-order valence-corrected chi connectivity index (χ4v) is 7.09. The quantitative estimate of drug-likeness (QED) is 0.0734. The van der Waals surface area contributed by atoms with Gasteiger partial charge in [-0.25, -0.2) is 22.6 Å². The third kappa shape index (κ3) is 22.4. The highest BCUT2D eigenvalue weighted by atomic mass is 33.2. The summed E-state index contributed by atoms with van der Waals surface area (Å²) >= 11 is 0. The van der Waals surface area contributed by atoms with E-state index in [0.717, 1.165) is 0 Å². The van der Waals surface area contributed by atoms with E-state index in [2.05, 4.69) is 14.2 Å². The van der Waals surface area contributed by atoms with Gasteiger partial charge in [-0.3, -0.25) is 4.55 Å². The van der Waals surface area contributed by atoms with Crippen LogP contribution in [0.1, 0.15) is 19.3 Å². The molecule has 15 nitrogen and oxygen atoms in total. The molecule has 35 heavy (non-hydrogen) atoms. The van der Waals surface area contributed by atoms with Gasteiger partial charge in [-0.05, 0) is 81.2 Å². The van der Waals surface area contributed by atoms with Crippen molar-refractivity contribution in [1.82, 2.24) is 28.9 Å². The molecular weight excluding hydrogens is 548 g/mol. The van der Waals surface area contributed by atoms with Crippen LogP contribution in [0.4, 0.5) is 0 Å². The lowest BCUT2D eigenvalue weighted by Gasteiger charge is -2.12. The Morgan fingerprint density at radius 3 is 1.09 bits per heavy atom. The molecule has 0 atom stereocenters. The predicted octanol–water partition coefficient (Wildman–Crippen LogP) is -2.65. The van der Waals surface area contributed by atoms with E-state index in [-0.39, 0.29) is 19.6 Å². The van der Waals surface area contributed by atoms with Gasteiger partial charge in [0.15, 0.2) is 5.08 Å². The summed E-state index contributed by atoms with van der Waals surface area (Å²) in [5, 5.41) is -1.29. The molecule has 0 aliphatic rings. The molecule has 0 aliphatic heterocycles. The topological polar surface area (TPSA) is 203 Å². The maximum Gasteiger partial charge on any atom is 0.331 e. The van der Waals surface area contributed by atoms with Crippen molar-refractivity contribution in [2.45, 2.75) is 19.3 Å². The number of nitrogens with zero attached hydrogens (tertiary/aromatic N) is 3. The molecule has 214 valence electrons. The van der Waals surface area contributed by atoms with E-state index in [9.17, 15) is 33.7 Å². The first-order valence-electron chi connectivity index (χ1n) is 10.6. The Kier molecular flexibility index (Phi) is 17.9. The van der Waals surface area contributed by atoms with Gasteiger partial charge in [-0.15, -0.1) is 0 Å². The van der Waals surface area contributed by atoms with Crippen LogP contribution in [0.3, 0.4) is 0 Å². The number of hydrogen-bond donors (Lipinski definition) is 4. The molecular formula is C16H42N6O9S4. The molecule has 0 heterocycles. The summed E-state index contributed by atoms with van der Waals surface area (Å²) in [7, 11) is -6.08. The van der Waals surface area contributed by atoms with Gasteiger partial charge in [0.25, 0.3) is 10.1 Å². The van der Waals surface area contributed by atoms with Crippen molar-refractivity contribution in [3.05, 3.63) is 0 Å². The van der Waals surface area contributed by atoms with Crippen molar-refractivity contribution in [3.63, 3.8) is 0 Å². The fourth-order valence-electron chi connectivity index (χ4n) is 2.20. The number of sulfonamides is 1.